The Kier molecular flexibility index (Phi) is 5.64. The summed E-state index contributed by atoms with van der Waals surface area (Å²) in [4.78, 5) is 27.3. The van der Waals surface area contributed by atoms with Gasteiger partial charge in [-0.2, -0.15) is 0 Å². The Morgan fingerprint density at radius 3 is 2.22 bits per heavy atom. The zero-order chi connectivity index (χ0) is 19.6. The molecular formula is C23H28N2O2. The van der Waals surface area contributed by atoms with E-state index in [4.69, 9.17) is 0 Å². The Balaban J connectivity index is 1.59. The minimum absolute atomic E-state index is 0.0475. The lowest BCUT2D eigenvalue weighted by Gasteiger charge is -2.31. The van der Waals surface area contributed by atoms with Crippen molar-refractivity contribution in [1.29, 1.82) is 0 Å². The van der Waals surface area contributed by atoms with Crippen molar-refractivity contribution < 1.29 is 9.59 Å². The number of hydrogen-bond acceptors (Lipinski definition) is 2. The number of carbonyl (C=O) groups excluding carboxylic acids is 2. The maximum absolute atomic E-state index is 12.7. The fraction of sp³-hybridized carbons (Fsp3) is 0.391. The minimum Gasteiger partial charge on any atom is -0.339 e. The Bertz CT molecular complexity index is 865. The SMILES string of the molecule is Cc1ccc(C)c(NC(=O)C2CCN(C(=O)c3ccc(C)c(C)c3)CC2)c1. The molecule has 3 rings (SSSR count). The number of anilines is 1. The van der Waals surface area contributed by atoms with Crippen LogP contribution in [0.3, 0.4) is 0 Å². The number of benzene rings is 2. The van der Waals surface area contributed by atoms with E-state index in [0.717, 1.165) is 27.9 Å². The predicted molar refractivity (Wildman–Crippen MR) is 109 cm³/mol. The largest absolute Gasteiger partial charge is 0.339 e. The Hall–Kier alpha value is -2.62. The number of nitrogens with one attached hydrogen (secondary N) is 1. The van der Waals surface area contributed by atoms with Crippen molar-refractivity contribution in [3.8, 4) is 0 Å². The van der Waals surface area contributed by atoms with Gasteiger partial charge in [0.2, 0.25) is 5.91 Å². The van der Waals surface area contributed by atoms with Gasteiger partial charge in [0, 0.05) is 30.3 Å². The van der Waals surface area contributed by atoms with Gasteiger partial charge in [-0.15, -0.1) is 0 Å². The number of amides is 2. The second kappa shape index (κ2) is 7.95. The summed E-state index contributed by atoms with van der Waals surface area (Å²) in [6, 6.07) is 11.9. The summed E-state index contributed by atoms with van der Waals surface area (Å²) >= 11 is 0. The normalized spacial score (nSPS) is 14.9. The molecule has 0 spiro atoms. The van der Waals surface area contributed by atoms with Crippen molar-refractivity contribution in [1.82, 2.24) is 4.90 Å². The number of nitrogens with zero attached hydrogens (tertiary/aromatic N) is 1. The van der Waals surface area contributed by atoms with Crippen molar-refractivity contribution >= 4 is 17.5 Å². The fourth-order valence-corrected chi connectivity index (χ4v) is 3.51. The molecule has 0 aromatic heterocycles. The van der Waals surface area contributed by atoms with E-state index in [1.807, 2.05) is 69.0 Å². The quantitative estimate of drug-likeness (QED) is 0.877. The minimum atomic E-state index is -0.0475. The van der Waals surface area contributed by atoms with Gasteiger partial charge >= 0.3 is 0 Å². The third-order valence-electron chi connectivity index (χ3n) is 5.56. The first-order chi connectivity index (χ1) is 12.8. The molecule has 1 N–H and O–H groups in total. The van der Waals surface area contributed by atoms with Crippen LogP contribution in [0.1, 0.15) is 45.5 Å². The summed E-state index contributed by atoms with van der Waals surface area (Å²) < 4.78 is 0. The maximum Gasteiger partial charge on any atom is 0.253 e. The summed E-state index contributed by atoms with van der Waals surface area (Å²) in [5.41, 5.74) is 6.13. The van der Waals surface area contributed by atoms with Gasteiger partial charge in [-0.05, 0) is 81.0 Å². The van der Waals surface area contributed by atoms with Crippen LogP contribution < -0.4 is 5.32 Å². The van der Waals surface area contributed by atoms with Gasteiger partial charge in [-0.25, -0.2) is 0 Å². The summed E-state index contributed by atoms with van der Waals surface area (Å²) in [5, 5.41) is 3.07. The molecule has 2 aromatic carbocycles. The lowest BCUT2D eigenvalue weighted by molar-refractivity contribution is -0.121. The highest BCUT2D eigenvalue weighted by atomic mass is 16.2. The highest BCUT2D eigenvalue weighted by Gasteiger charge is 2.28. The van der Waals surface area contributed by atoms with Gasteiger partial charge in [0.05, 0.1) is 0 Å². The molecule has 0 radical (unpaired) electrons. The zero-order valence-electron chi connectivity index (χ0n) is 16.6. The molecule has 1 heterocycles. The fourth-order valence-electron chi connectivity index (χ4n) is 3.51. The highest BCUT2D eigenvalue weighted by molar-refractivity contribution is 5.95. The van der Waals surface area contributed by atoms with Crippen molar-refractivity contribution in [2.45, 2.75) is 40.5 Å². The average molecular weight is 364 g/mol. The molecule has 27 heavy (non-hydrogen) atoms. The van der Waals surface area contributed by atoms with Crippen LogP contribution in [0.15, 0.2) is 36.4 Å². The van der Waals surface area contributed by atoms with E-state index in [9.17, 15) is 9.59 Å². The lowest BCUT2D eigenvalue weighted by atomic mass is 9.94. The van der Waals surface area contributed by atoms with E-state index in [2.05, 4.69) is 5.32 Å². The third kappa shape index (κ3) is 4.38. The van der Waals surface area contributed by atoms with Crippen molar-refractivity contribution in [3.05, 3.63) is 64.2 Å². The predicted octanol–water partition coefficient (Wildman–Crippen LogP) is 4.41. The summed E-state index contributed by atoms with van der Waals surface area (Å²) in [6.07, 6.45) is 1.40. The smallest absolute Gasteiger partial charge is 0.253 e. The van der Waals surface area contributed by atoms with Crippen LogP contribution in [0.4, 0.5) is 5.69 Å². The van der Waals surface area contributed by atoms with Gasteiger partial charge in [0.15, 0.2) is 0 Å². The van der Waals surface area contributed by atoms with E-state index in [0.29, 0.717) is 25.9 Å². The molecule has 1 aliphatic heterocycles. The number of carbonyl (C=O) groups is 2. The Morgan fingerprint density at radius 2 is 1.56 bits per heavy atom. The molecule has 0 unspecified atom stereocenters. The standard InChI is InChI=1S/C23H28N2O2/c1-15-5-6-17(3)21(13-15)24-22(26)19-9-11-25(12-10-19)23(27)20-8-7-16(2)18(4)14-20/h5-8,13-14,19H,9-12H2,1-4H3,(H,24,26). The molecule has 0 aliphatic carbocycles. The summed E-state index contributed by atoms with van der Waals surface area (Å²) in [5.74, 6) is 0.0715. The molecule has 0 atom stereocenters. The second-order valence-electron chi connectivity index (χ2n) is 7.67. The van der Waals surface area contributed by atoms with Crippen LogP contribution >= 0.6 is 0 Å². The molecule has 2 aromatic rings. The van der Waals surface area contributed by atoms with Crippen LogP contribution in [0.25, 0.3) is 0 Å². The molecule has 1 saturated heterocycles. The summed E-state index contributed by atoms with van der Waals surface area (Å²) in [6.45, 7) is 9.33. The number of likely N-dealkylation sites (tertiary alicyclic amines) is 1. The van der Waals surface area contributed by atoms with Crippen LogP contribution in [0.2, 0.25) is 0 Å². The molecule has 0 saturated carbocycles. The number of rotatable bonds is 3. The summed E-state index contributed by atoms with van der Waals surface area (Å²) in [7, 11) is 0. The Labute approximate surface area is 161 Å². The molecular weight excluding hydrogens is 336 g/mol. The molecule has 4 nitrogen and oxygen atoms in total. The van der Waals surface area contributed by atoms with Gasteiger partial charge in [0.25, 0.3) is 5.91 Å². The molecule has 1 aliphatic rings. The monoisotopic (exact) mass is 364 g/mol. The number of hydrogen-bond donors (Lipinski definition) is 1. The first kappa shape index (κ1) is 19.2. The zero-order valence-corrected chi connectivity index (χ0v) is 16.6. The van der Waals surface area contributed by atoms with Gasteiger partial charge < -0.3 is 10.2 Å². The van der Waals surface area contributed by atoms with Crippen LogP contribution in [0, 0.1) is 33.6 Å². The second-order valence-corrected chi connectivity index (χ2v) is 7.67. The number of piperidine rings is 1. The topological polar surface area (TPSA) is 49.4 Å². The number of aryl methyl sites for hydroxylation is 4. The van der Waals surface area contributed by atoms with Crippen LogP contribution in [-0.2, 0) is 4.79 Å². The average Bonchev–Trinajstić information content (AvgIpc) is 2.66. The van der Waals surface area contributed by atoms with Crippen LogP contribution in [-0.4, -0.2) is 29.8 Å². The third-order valence-corrected chi connectivity index (χ3v) is 5.56. The van der Waals surface area contributed by atoms with E-state index >= 15 is 0 Å². The van der Waals surface area contributed by atoms with Crippen LogP contribution in [0.5, 0.6) is 0 Å². The molecule has 0 bridgehead atoms. The van der Waals surface area contributed by atoms with E-state index < -0.39 is 0 Å². The van der Waals surface area contributed by atoms with Gasteiger partial charge in [-0.1, -0.05) is 18.2 Å². The molecule has 142 valence electrons. The van der Waals surface area contributed by atoms with Gasteiger partial charge in [-0.3, -0.25) is 9.59 Å². The van der Waals surface area contributed by atoms with E-state index in [1.54, 1.807) is 0 Å². The molecule has 1 fully saturated rings. The molecule has 4 heteroatoms. The van der Waals surface area contributed by atoms with Crippen molar-refractivity contribution in [2.24, 2.45) is 5.92 Å². The van der Waals surface area contributed by atoms with Gasteiger partial charge in [0.1, 0.15) is 0 Å². The first-order valence-electron chi connectivity index (χ1n) is 9.60. The van der Waals surface area contributed by atoms with Crippen molar-refractivity contribution in [2.75, 3.05) is 18.4 Å². The molecule has 2 amide bonds. The lowest BCUT2D eigenvalue weighted by Crippen LogP contribution is -2.41. The maximum atomic E-state index is 12.7. The Morgan fingerprint density at radius 1 is 0.889 bits per heavy atom. The highest BCUT2D eigenvalue weighted by Crippen LogP contribution is 2.23. The van der Waals surface area contributed by atoms with E-state index in [1.165, 1.54) is 5.56 Å². The first-order valence-corrected chi connectivity index (χ1v) is 9.60. The van der Waals surface area contributed by atoms with Crippen molar-refractivity contribution in [3.63, 3.8) is 0 Å². The van der Waals surface area contributed by atoms with E-state index in [-0.39, 0.29) is 17.7 Å².